The molecule has 2 aromatic carbocycles. The lowest BCUT2D eigenvalue weighted by Gasteiger charge is -2.24. The average molecular weight is 280 g/mol. The van der Waals surface area contributed by atoms with E-state index in [1.54, 1.807) is 0 Å². The molecule has 0 bridgehead atoms. The molecule has 0 aliphatic rings. The molecule has 2 aromatic rings. The van der Waals surface area contributed by atoms with Gasteiger partial charge in [0.25, 0.3) is 0 Å². The van der Waals surface area contributed by atoms with Crippen molar-refractivity contribution in [2.45, 2.75) is 26.7 Å². The lowest BCUT2D eigenvalue weighted by atomic mass is 9.77. The molecule has 0 saturated carbocycles. The Morgan fingerprint density at radius 3 is 1.71 bits per heavy atom. The van der Waals surface area contributed by atoms with E-state index in [0.717, 1.165) is 16.7 Å². The van der Waals surface area contributed by atoms with E-state index >= 15 is 0 Å². The first kappa shape index (κ1) is 15.2. The summed E-state index contributed by atoms with van der Waals surface area (Å²) in [6, 6.07) is 17.8. The minimum Gasteiger partial charge on any atom is -0.299 e. The third-order valence-electron chi connectivity index (χ3n) is 3.80. The fraction of sp³-hybridized carbons (Fsp3) is 0.263. The van der Waals surface area contributed by atoms with Gasteiger partial charge in [-0.15, -0.1) is 0 Å². The number of hydrogen-bond donors (Lipinski definition) is 0. The summed E-state index contributed by atoms with van der Waals surface area (Å²) in [5, 5.41) is 0. The van der Waals surface area contributed by atoms with Crippen molar-refractivity contribution in [2.75, 3.05) is 0 Å². The van der Waals surface area contributed by atoms with E-state index in [2.05, 4.69) is 0 Å². The summed E-state index contributed by atoms with van der Waals surface area (Å²) in [5.41, 5.74) is 3.16. The first-order valence-electron chi connectivity index (χ1n) is 7.13. The molecular weight excluding hydrogens is 260 g/mol. The zero-order chi connectivity index (χ0) is 15.4. The molecule has 0 N–H and O–H groups in total. The summed E-state index contributed by atoms with van der Waals surface area (Å²) in [5.74, 6) is -1.02. The Bertz CT molecular complexity index is 612. The Balaban J connectivity index is 2.56. The van der Waals surface area contributed by atoms with Crippen LogP contribution in [-0.2, 0) is 9.59 Å². The molecule has 0 aliphatic heterocycles. The highest BCUT2D eigenvalue weighted by Crippen LogP contribution is 2.33. The second-order valence-electron chi connectivity index (χ2n) is 5.50. The summed E-state index contributed by atoms with van der Waals surface area (Å²) in [6.45, 7) is 5.02. The molecule has 0 saturated heterocycles. The third-order valence-corrected chi connectivity index (χ3v) is 3.80. The quantitative estimate of drug-likeness (QED) is 0.778. The molecule has 0 amide bonds. The van der Waals surface area contributed by atoms with Gasteiger partial charge in [-0.3, -0.25) is 9.59 Å². The normalized spacial score (nSPS) is 12.2. The van der Waals surface area contributed by atoms with Crippen molar-refractivity contribution in [3.8, 4) is 0 Å². The minimum atomic E-state index is -0.630. The van der Waals surface area contributed by atoms with Gasteiger partial charge >= 0.3 is 0 Å². The summed E-state index contributed by atoms with van der Waals surface area (Å²) >= 11 is 0. The molecule has 1 atom stereocenters. The van der Waals surface area contributed by atoms with Gasteiger partial charge in [-0.1, -0.05) is 60.2 Å². The zero-order valence-corrected chi connectivity index (χ0v) is 12.7. The number of Topliss-reactive ketones (excluding diaryl/α,β-unsaturated/α-hetero) is 2. The molecule has 0 unspecified atom stereocenters. The van der Waals surface area contributed by atoms with Gasteiger partial charge in [-0.25, -0.2) is 0 Å². The molecule has 108 valence electrons. The Labute approximate surface area is 125 Å². The number of hydrogen-bond acceptors (Lipinski definition) is 2. The fourth-order valence-electron chi connectivity index (χ4n) is 2.77. The monoisotopic (exact) mass is 280 g/mol. The van der Waals surface area contributed by atoms with Crippen LogP contribution >= 0.6 is 0 Å². The Hall–Kier alpha value is -2.22. The molecule has 0 aromatic heterocycles. The molecule has 2 heteroatoms. The summed E-state index contributed by atoms with van der Waals surface area (Å²) in [7, 11) is 0. The number of benzene rings is 2. The average Bonchev–Trinajstić information content (AvgIpc) is 2.46. The van der Waals surface area contributed by atoms with Gasteiger partial charge in [0.05, 0.1) is 5.92 Å². The van der Waals surface area contributed by atoms with Crippen molar-refractivity contribution < 1.29 is 9.59 Å². The van der Waals surface area contributed by atoms with Gasteiger partial charge in [-0.05, 0) is 31.9 Å². The van der Waals surface area contributed by atoms with E-state index in [0.29, 0.717) is 0 Å². The third kappa shape index (κ3) is 3.46. The molecule has 0 aliphatic carbocycles. The minimum absolute atomic E-state index is 0.0862. The Morgan fingerprint density at radius 1 is 0.762 bits per heavy atom. The number of carbonyl (C=O) groups excluding carboxylic acids is 2. The first-order valence-corrected chi connectivity index (χ1v) is 7.13. The van der Waals surface area contributed by atoms with Gasteiger partial charge in [-0.2, -0.15) is 0 Å². The van der Waals surface area contributed by atoms with Crippen LogP contribution in [-0.4, -0.2) is 11.6 Å². The fourth-order valence-corrected chi connectivity index (χ4v) is 2.77. The standard InChI is InChI=1S/C19H20O2/c1-13-9-11-17(12-10-13)19(16-7-5-4-6-8-16)18(14(2)20)15(3)21/h4-12,18-19H,1-3H3/t19-/m0/s1. The smallest absolute Gasteiger partial charge is 0.141 e. The van der Waals surface area contributed by atoms with Crippen molar-refractivity contribution in [2.24, 2.45) is 5.92 Å². The van der Waals surface area contributed by atoms with Crippen LogP contribution in [0.3, 0.4) is 0 Å². The van der Waals surface area contributed by atoms with Gasteiger partial charge in [0, 0.05) is 5.92 Å². The van der Waals surface area contributed by atoms with Crippen molar-refractivity contribution in [1.82, 2.24) is 0 Å². The van der Waals surface area contributed by atoms with Crippen LogP contribution < -0.4 is 0 Å². The predicted molar refractivity (Wildman–Crippen MR) is 84.3 cm³/mol. The van der Waals surface area contributed by atoms with E-state index in [4.69, 9.17) is 0 Å². The van der Waals surface area contributed by atoms with E-state index in [-0.39, 0.29) is 17.5 Å². The predicted octanol–water partition coefficient (Wildman–Crippen LogP) is 3.92. The summed E-state index contributed by atoms with van der Waals surface area (Å²) < 4.78 is 0. The van der Waals surface area contributed by atoms with E-state index in [1.165, 1.54) is 13.8 Å². The van der Waals surface area contributed by atoms with Crippen molar-refractivity contribution in [3.05, 3.63) is 71.3 Å². The summed E-state index contributed by atoms with van der Waals surface area (Å²) in [6.07, 6.45) is 0. The van der Waals surface area contributed by atoms with Crippen LogP contribution in [0.4, 0.5) is 0 Å². The maximum atomic E-state index is 12.0. The van der Waals surface area contributed by atoms with Gasteiger partial charge in [0.15, 0.2) is 0 Å². The van der Waals surface area contributed by atoms with Crippen LogP contribution in [0.15, 0.2) is 54.6 Å². The van der Waals surface area contributed by atoms with E-state index in [1.807, 2.05) is 61.5 Å². The maximum Gasteiger partial charge on any atom is 0.141 e. The molecule has 0 fully saturated rings. The first-order chi connectivity index (χ1) is 10.0. The number of aryl methyl sites for hydroxylation is 1. The lowest BCUT2D eigenvalue weighted by molar-refractivity contribution is -0.130. The number of rotatable bonds is 5. The highest BCUT2D eigenvalue weighted by molar-refractivity contribution is 6.01. The molecule has 2 rings (SSSR count). The second-order valence-corrected chi connectivity index (χ2v) is 5.50. The van der Waals surface area contributed by atoms with Gasteiger partial charge in [0.1, 0.15) is 11.6 Å². The van der Waals surface area contributed by atoms with Crippen molar-refractivity contribution in [3.63, 3.8) is 0 Å². The van der Waals surface area contributed by atoms with Crippen LogP contribution in [0.5, 0.6) is 0 Å². The van der Waals surface area contributed by atoms with Crippen LogP contribution in [0, 0.1) is 12.8 Å². The topological polar surface area (TPSA) is 34.1 Å². The molecule has 2 nitrogen and oxygen atoms in total. The number of ketones is 2. The Morgan fingerprint density at radius 2 is 1.24 bits per heavy atom. The van der Waals surface area contributed by atoms with Crippen LogP contribution in [0.25, 0.3) is 0 Å². The van der Waals surface area contributed by atoms with Gasteiger partial charge < -0.3 is 0 Å². The Kier molecular flexibility index (Phi) is 4.69. The largest absolute Gasteiger partial charge is 0.299 e. The molecule has 0 radical (unpaired) electrons. The highest BCUT2D eigenvalue weighted by atomic mass is 16.1. The van der Waals surface area contributed by atoms with Crippen molar-refractivity contribution in [1.29, 1.82) is 0 Å². The molecule has 0 heterocycles. The van der Waals surface area contributed by atoms with Crippen molar-refractivity contribution >= 4 is 11.6 Å². The van der Waals surface area contributed by atoms with E-state index < -0.39 is 5.92 Å². The zero-order valence-electron chi connectivity index (χ0n) is 12.7. The molecule has 21 heavy (non-hydrogen) atoms. The second kappa shape index (κ2) is 6.49. The lowest BCUT2D eigenvalue weighted by Crippen LogP contribution is -2.27. The molecule has 0 spiro atoms. The molecular formula is C19H20O2. The summed E-state index contributed by atoms with van der Waals surface area (Å²) in [4.78, 5) is 24.0. The van der Waals surface area contributed by atoms with Crippen LogP contribution in [0.1, 0.15) is 36.5 Å². The SMILES string of the molecule is CC(=O)C(C(C)=O)[C@@H](c1ccccc1)c1ccc(C)cc1. The highest BCUT2D eigenvalue weighted by Gasteiger charge is 2.32. The van der Waals surface area contributed by atoms with Crippen LogP contribution in [0.2, 0.25) is 0 Å². The maximum absolute atomic E-state index is 12.0. The van der Waals surface area contributed by atoms with Gasteiger partial charge in [0.2, 0.25) is 0 Å². The van der Waals surface area contributed by atoms with E-state index in [9.17, 15) is 9.59 Å². The number of carbonyl (C=O) groups is 2.